The van der Waals surface area contributed by atoms with Gasteiger partial charge in [0, 0.05) is 33.3 Å². The molecule has 7 nitrogen and oxygen atoms in total. The number of amides is 1. The summed E-state index contributed by atoms with van der Waals surface area (Å²) in [4.78, 5) is 14.6. The topological polar surface area (TPSA) is 82.9 Å². The van der Waals surface area contributed by atoms with Gasteiger partial charge in [-0.05, 0) is 44.7 Å². The van der Waals surface area contributed by atoms with Crippen LogP contribution >= 0.6 is 12.4 Å². The molecular weight excluding hydrogens is 366 g/mol. The minimum Gasteiger partial charge on any atom is -0.455 e. The number of furan rings is 1. The predicted octanol–water partition coefficient (Wildman–Crippen LogP) is 1.33. The van der Waals surface area contributed by atoms with Crippen molar-refractivity contribution in [1.82, 2.24) is 14.5 Å². The van der Waals surface area contributed by atoms with Crippen molar-refractivity contribution in [3.63, 3.8) is 0 Å². The highest BCUT2D eigenvalue weighted by atomic mass is 35.5. The average Bonchev–Trinajstić information content (AvgIpc) is 3.08. The van der Waals surface area contributed by atoms with E-state index >= 15 is 0 Å². The van der Waals surface area contributed by atoms with E-state index in [4.69, 9.17) is 4.42 Å². The molecule has 0 unspecified atom stereocenters. The van der Waals surface area contributed by atoms with E-state index in [0.717, 1.165) is 30.2 Å². The van der Waals surface area contributed by atoms with Crippen LogP contribution in [0.3, 0.4) is 0 Å². The molecule has 25 heavy (non-hydrogen) atoms. The maximum atomic E-state index is 12.7. The quantitative estimate of drug-likeness (QED) is 0.840. The summed E-state index contributed by atoms with van der Waals surface area (Å²) in [5.74, 6) is 1.41. The number of nitrogens with one attached hydrogen (secondary N) is 1. The van der Waals surface area contributed by atoms with Crippen LogP contribution in [-0.4, -0.2) is 63.8 Å². The molecule has 0 aliphatic carbocycles. The third-order valence-electron chi connectivity index (χ3n) is 5.15. The van der Waals surface area contributed by atoms with Crippen molar-refractivity contribution in [2.75, 3.05) is 40.3 Å². The van der Waals surface area contributed by atoms with Crippen LogP contribution in [0.15, 0.2) is 15.4 Å². The molecule has 0 bridgehead atoms. The Kier molecular flexibility index (Phi) is 6.19. The van der Waals surface area contributed by atoms with Crippen molar-refractivity contribution < 1.29 is 17.6 Å². The van der Waals surface area contributed by atoms with E-state index in [0.29, 0.717) is 24.9 Å². The lowest BCUT2D eigenvalue weighted by molar-refractivity contribution is 0.0725. The van der Waals surface area contributed by atoms with Crippen LogP contribution in [0, 0.1) is 18.8 Å². The van der Waals surface area contributed by atoms with E-state index < -0.39 is 10.0 Å². The summed E-state index contributed by atoms with van der Waals surface area (Å²) in [5.41, 5.74) is 0. The first-order valence-corrected chi connectivity index (χ1v) is 9.77. The largest absolute Gasteiger partial charge is 0.455 e. The Hall–Kier alpha value is -1.09. The fourth-order valence-corrected chi connectivity index (χ4v) is 4.65. The minimum absolute atomic E-state index is 0. The third kappa shape index (κ3) is 3.86. The number of carbonyl (C=O) groups is 1. The van der Waals surface area contributed by atoms with Crippen LogP contribution in [0.5, 0.6) is 0 Å². The van der Waals surface area contributed by atoms with Crippen molar-refractivity contribution in [3.05, 3.63) is 17.6 Å². The van der Waals surface area contributed by atoms with Gasteiger partial charge in [-0.25, -0.2) is 12.7 Å². The monoisotopic (exact) mass is 391 g/mol. The van der Waals surface area contributed by atoms with Gasteiger partial charge in [0.15, 0.2) is 5.76 Å². The molecule has 2 fully saturated rings. The van der Waals surface area contributed by atoms with Gasteiger partial charge in [-0.15, -0.1) is 12.4 Å². The molecule has 0 saturated carbocycles. The van der Waals surface area contributed by atoms with Gasteiger partial charge >= 0.3 is 0 Å². The summed E-state index contributed by atoms with van der Waals surface area (Å²) < 4.78 is 31.2. The SMILES string of the molecule is Cc1oc(C(=O)N2CC[C@@H]3CNC[C@@H]3CC2)cc1S(=O)(=O)N(C)C.Cl. The van der Waals surface area contributed by atoms with E-state index in [1.165, 1.54) is 20.2 Å². The minimum atomic E-state index is -3.61. The molecule has 2 aliphatic rings. The molecule has 2 saturated heterocycles. The molecule has 0 radical (unpaired) electrons. The summed E-state index contributed by atoms with van der Waals surface area (Å²) in [7, 11) is -0.684. The van der Waals surface area contributed by atoms with Gasteiger partial charge in [0.05, 0.1) is 0 Å². The second kappa shape index (κ2) is 7.65. The maximum Gasteiger partial charge on any atom is 0.289 e. The second-order valence-corrected chi connectivity index (χ2v) is 8.99. The Bertz CT molecular complexity index is 718. The zero-order chi connectivity index (χ0) is 17.5. The number of likely N-dealkylation sites (tertiary alicyclic amines) is 1. The van der Waals surface area contributed by atoms with E-state index in [1.54, 1.807) is 11.8 Å². The third-order valence-corrected chi connectivity index (χ3v) is 7.07. The molecule has 9 heteroatoms. The van der Waals surface area contributed by atoms with Crippen molar-refractivity contribution in [1.29, 1.82) is 0 Å². The van der Waals surface area contributed by atoms with Gasteiger partial charge in [-0.2, -0.15) is 0 Å². The highest BCUT2D eigenvalue weighted by Crippen LogP contribution is 2.29. The molecule has 0 spiro atoms. The number of nitrogens with zero attached hydrogens (tertiary/aromatic N) is 2. The number of fused-ring (bicyclic) bond motifs is 1. The normalized spacial score (nSPS) is 23.9. The van der Waals surface area contributed by atoms with Crippen LogP contribution in [0.2, 0.25) is 0 Å². The van der Waals surface area contributed by atoms with Gasteiger partial charge < -0.3 is 14.6 Å². The second-order valence-electron chi connectivity index (χ2n) is 6.87. The van der Waals surface area contributed by atoms with Crippen LogP contribution < -0.4 is 5.32 Å². The highest BCUT2D eigenvalue weighted by molar-refractivity contribution is 7.89. The molecular formula is C16H26ClN3O4S. The smallest absolute Gasteiger partial charge is 0.289 e. The first-order chi connectivity index (χ1) is 11.3. The van der Waals surface area contributed by atoms with Gasteiger partial charge in [0.25, 0.3) is 5.91 Å². The Morgan fingerprint density at radius 1 is 1.24 bits per heavy atom. The lowest BCUT2D eigenvalue weighted by Crippen LogP contribution is -2.32. The van der Waals surface area contributed by atoms with Crippen LogP contribution in [0.25, 0.3) is 0 Å². The van der Waals surface area contributed by atoms with E-state index in [-0.39, 0.29) is 34.7 Å². The molecule has 0 aromatic carbocycles. The maximum absolute atomic E-state index is 12.7. The Balaban J connectivity index is 0.00000225. The number of hydrogen-bond acceptors (Lipinski definition) is 5. The van der Waals surface area contributed by atoms with Crippen molar-refractivity contribution >= 4 is 28.3 Å². The number of hydrogen-bond donors (Lipinski definition) is 1. The standard InChI is InChI=1S/C16H25N3O4S.ClH/c1-11-15(24(21,22)18(2)3)8-14(23-11)16(20)19-6-4-12-9-17-10-13(12)5-7-19;/h8,12-13,17H,4-7,9-10H2,1-3H3;1H/t12-,13+;. The van der Waals surface area contributed by atoms with Crippen LogP contribution in [0.4, 0.5) is 0 Å². The van der Waals surface area contributed by atoms with Gasteiger partial charge in [-0.3, -0.25) is 4.79 Å². The molecule has 2 aliphatic heterocycles. The number of aryl methyl sites for hydroxylation is 1. The number of halogens is 1. The highest BCUT2D eigenvalue weighted by Gasteiger charge is 2.33. The summed E-state index contributed by atoms with van der Waals surface area (Å²) >= 11 is 0. The zero-order valence-corrected chi connectivity index (χ0v) is 16.5. The Morgan fingerprint density at radius 3 is 2.32 bits per heavy atom. The number of rotatable bonds is 3. The summed E-state index contributed by atoms with van der Waals surface area (Å²) in [6, 6.07) is 1.36. The van der Waals surface area contributed by atoms with Crippen LogP contribution in [-0.2, 0) is 10.0 Å². The fourth-order valence-electron chi connectivity index (χ4n) is 3.60. The molecule has 1 N–H and O–H groups in total. The van der Waals surface area contributed by atoms with Crippen LogP contribution in [0.1, 0.15) is 29.2 Å². The lowest BCUT2D eigenvalue weighted by atomic mass is 9.92. The first kappa shape index (κ1) is 20.2. The number of sulfonamides is 1. The molecule has 3 heterocycles. The summed E-state index contributed by atoms with van der Waals surface area (Å²) in [6.45, 7) is 5.01. The fraction of sp³-hybridized carbons (Fsp3) is 0.688. The van der Waals surface area contributed by atoms with Crippen molar-refractivity contribution in [3.8, 4) is 0 Å². The van der Waals surface area contributed by atoms with E-state index in [9.17, 15) is 13.2 Å². The lowest BCUT2D eigenvalue weighted by Gasteiger charge is -2.19. The summed E-state index contributed by atoms with van der Waals surface area (Å²) in [5, 5.41) is 3.41. The average molecular weight is 392 g/mol. The molecule has 2 atom stereocenters. The molecule has 3 rings (SSSR count). The van der Waals surface area contributed by atoms with Crippen molar-refractivity contribution in [2.24, 2.45) is 11.8 Å². The number of carbonyl (C=O) groups excluding carboxylic acids is 1. The zero-order valence-electron chi connectivity index (χ0n) is 14.8. The Morgan fingerprint density at radius 2 is 1.80 bits per heavy atom. The van der Waals surface area contributed by atoms with E-state index in [2.05, 4.69) is 5.32 Å². The first-order valence-electron chi connectivity index (χ1n) is 8.33. The van der Waals surface area contributed by atoms with Gasteiger partial charge in [-0.1, -0.05) is 0 Å². The van der Waals surface area contributed by atoms with Gasteiger partial charge in [0.1, 0.15) is 10.7 Å². The molecule has 142 valence electrons. The molecule has 1 aromatic heterocycles. The molecule has 1 aromatic rings. The summed E-state index contributed by atoms with van der Waals surface area (Å²) in [6.07, 6.45) is 1.96. The molecule has 1 amide bonds. The van der Waals surface area contributed by atoms with Crippen molar-refractivity contribution in [2.45, 2.75) is 24.7 Å². The van der Waals surface area contributed by atoms with Gasteiger partial charge in [0.2, 0.25) is 10.0 Å². The predicted molar refractivity (Wildman–Crippen MR) is 96.6 cm³/mol. The Labute approximate surface area is 155 Å². The van der Waals surface area contributed by atoms with E-state index in [1.807, 2.05) is 0 Å².